The number of hydrogen-bond donors (Lipinski definition) is 1. The Morgan fingerprint density at radius 3 is 2.57 bits per heavy atom. The van der Waals surface area contributed by atoms with Crippen LogP contribution < -0.4 is 10.5 Å². The molecular weight excluding hydrogens is 350 g/mol. The zero-order chi connectivity index (χ0) is 14.8. The maximum absolute atomic E-state index is 5.98. The van der Waals surface area contributed by atoms with E-state index in [-0.39, 0.29) is 0 Å². The summed E-state index contributed by atoms with van der Waals surface area (Å²) in [6.07, 6.45) is 0. The fourth-order valence-corrected chi connectivity index (χ4v) is 2.72. The van der Waals surface area contributed by atoms with Crippen LogP contribution in [0.15, 0.2) is 59.1 Å². The van der Waals surface area contributed by atoms with Crippen LogP contribution in [0.3, 0.4) is 0 Å². The highest BCUT2D eigenvalue weighted by Crippen LogP contribution is 2.25. The highest BCUT2D eigenvalue weighted by Gasteiger charge is 2.03. The Bertz CT molecular complexity index is 804. The topological polar surface area (TPSA) is 35.2 Å². The number of nitrogens with two attached hydrogens (primary N) is 1. The third kappa shape index (κ3) is 3.31. The molecule has 0 atom stereocenters. The maximum Gasteiger partial charge on any atom is 0.120 e. The van der Waals surface area contributed by atoms with Crippen LogP contribution in [0.4, 0.5) is 5.69 Å². The predicted octanol–water partition coefficient (Wildman–Crippen LogP) is 5.42. The summed E-state index contributed by atoms with van der Waals surface area (Å²) < 4.78 is 6.88. The first-order valence-electron chi connectivity index (χ1n) is 6.48. The van der Waals surface area contributed by atoms with Crippen LogP contribution in [0.25, 0.3) is 10.8 Å². The molecule has 3 rings (SSSR count). The van der Waals surface area contributed by atoms with Gasteiger partial charge in [-0.1, -0.05) is 39.7 Å². The van der Waals surface area contributed by atoms with Gasteiger partial charge < -0.3 is 10.5 Å². The Labute approximate surface area is 136 Å². The smallest absolute Gasteiger partial charge is 0.120 e. The van der Waals surface area contributed by atoms with E-state index in [0.717, 1.165) is 21.2 Å². The first-order valence-corrected chi connectivity index (χ1v) is 7.65. The third-order valence-electron chi connectivity index (χ3n) is 3.27. The summed E-state index contributed by atoms with van der Waals surface area (Å²) in [4.78, 5) is 0. The molecule has 106 valence electrons. The van der Waals surface area contributed by atoms with Crippen LogP contribution in [-0.2, 0) is 6.61 Å². The SMILES string of the molecule is Nc1ccc(Cl)cc1COc1ccc2cc(Br)ccc2c1. The number of halogens is 2. The molecule has 0 saturated carbocycles. The van der Waals surface area contributed by atoms with Gasteiger partial charge in [0.1, 0.15) is 12.4 Å². The van der Waals surface area contributed by atoms with E-state index in [1.54, 1.807) is 12.1 Å². The quantitative estimate of drug-likeness (QED) is 0.632. The van der Waals surface area contributed by atoms with Crippen molar-refractivity contribution in [2.75, 3.05) is 5.73 Å². The molecule has 0 spiro atoms. The first kappa shape index (κ1) is 14.2. The Morgan fingerprint density at radius 1 is 0.952 bits per heavy atom. The van der Waals surface area contributed by atoms with E-state index in [4.69, 9.17) is 22.1 Å². The number of ether oxygens (including phenoxy) is 1. The average molecular weight is 363 g/mol. The highest BCUT2D eigenvalue weighted by atomic mass is 79.9. The van der Waals surface area contributed by atoms with Gasteiger partial charge in [-0.25, -0.2) is 0 Å². The lowest BCUT2D eigenvalue weighted by atomic mass is 10.1. The third-order valence-corrected chi connectivity index (χ3v) is 4.00. The van der Waals surface area contributed by atoms with Gasteiger partial charge in [-0.15, -0.1) is 0 Å². The van der Waals surface area contributed by atoms with Gasteiger partial charge in [-0.3, -0.25) is 0 Å². The number of hydrogen-bond acceptors (Lipinski definition) is 2. The second-order valence-electron chi connectivity index (χ2n) is 4.79. The van der Waals surface area contributed by atoms with Crippen molar-refractivity contribution < 1.29 is 4.74 Å². The van der Waals surface area contributed by atoms with Gasteiger partial charge in [0.15, 0.2) is 0 Å². The fraction of sp³-hybridized carbons (Fsp3) is 0.0588. The van der Waals surface area contributed by atoms with E-state index >= 15 is 0 Å². The van der Waals surface area contributed by atoms with Gasteiger partial charge in [0.05, 0.1) is 0 Å². The number of rotatable bonds is 3. The van der Waals surface area contributed by atoms with Gasteiger partial charge >= 0.3 is 0 Å². The van der Waals surface area contributed by atoms with E-state index < -0.39 is 0 Å². The highest BCUT2D eigenvalue weighted by molar-refractivity contribution is 9.10. The van der Waals surface area contributed by atoms with Crippen LogP contribution in [0.1, 0.15) is 5.56 Å². The molecule has 3 aromatic carbocycles. The van der Waals surface area contributed by atoms with E-state index in [9.17, 15) is 0 Å². The van der Waals surface area contributed by atoms with Crippen LogP contribution in [0.5, 0.6) is 5.75 Å². The summed E-state index contributed by atoms with van der Waals surface area (Å²) in [5.41, 5.74) is 7.49. The van der Waals surface area contributed by atoms with Crippen molar-refractivity contribution in [3.63, 3.8) is 0 Å². The molecule has 0 bridgehead atoms. The molecule has 0 saturated heterocycles. The molecule has 0 fully saturated rings. The van der Waals surface area contributed by atoms with Crippen LogP contribution in [0.2, 0.25) is 5.02 Å². The van der Waals surface area contributed by atoms with Crippen LogP contribution >= 0.6 is 27.5 Å². The molecule has 0 unspecified atom stereocenters. The van der Waals surface area contributed by atoms with Crippen LogP contribution in [-0.4, -0.2) is 0 Å². The lowest BCUT2D eigenvalue weighted by Gasteiger charge is -2.10. The Balaban J connectivity index is 1.82. The lowest BCUT2D eigenvalue weighted by Crippen LogP contribution is -2.00. The standard InChI is InChI=1S/C17H13BrClNO/c18-14-3-1-12-9-16(5-2-11(12)7-14)21-10-13-8-15(19)4-6-17(13)20/h1-9H,10,20H2. The van der Waals surface area contributed by atoms with E-state index in [0.29, 0.717) is 17.3 Å². The van der Waals surface area contributed by atoms with E-state index in [1.165, 1.54) is 5.39 Å². The minimum Gasteiger partial charge on any atom is -0.489 e. The minimum atomic E-state index is 0.397. The molecule has 2 N–H and O–H groups in total. The molecule has 21 heavy (non-hydrogen) atoms. The Morgan fingerprint density at radius 2 is 1.71 bits per heavy atom. The summed E-state index contributed by atoms with van der Waals surface area (Å²) in [5.74, 6) is 0.809. The van der Waals surface area contributed by atoms with Crippen LogP contribution in [0, 0.1) is 0 Å². The van der Waals surface area contributed by atoms with Crippen molar-refractivity contribution in [3.8, 4) is 5.75 Å². The minimum absolute atomic E-state index is 0.397. The molecule has 0 aliphatic carbocycles. The lowest BCUT2D eigenvalue weighted by molar-refractivity contribution is 0.307. The van der Waals surface area contributed by atoms with Gasteiger partial charge in [-0.2, -0.15) is 0 Å². The summed E-state index contributed by atoms with van der Waals surface area (Å²) in [7, 11) is 0. The second-order valence-corrected chi connectivity index (χ2v) is 6.14. The molecule has 0 aliphatic heterocycles. The molecule has 4 heteroatoms. The summed E-state index contributed by atoms with van der Waals surface area (Å²) >= 11 is 9.45. The maximum atomic E-state index is 5.98. The Hall–Kier alpha value is -1.71. The summed E-state index contributed by atoms with van der Waals surface area (Å²) in [5, 5.41) is 2.96. The van der Waals surface area contributed by atoms with Crippen molar-refractivity contribution in [2.45, 2.75) is 6.61 Å². The van der Waals surface area contributed by atoms with E-state index in [2.05, 4.69) is 28.1 Å². The van der Waals surface area contributed by atoms with Gasteiger partial charge in [-0.05, 0) is 53.2 Å². The number of nitrogen functional groups attached to an aromatic ring is 1. The Kier molecular flexibility index (Phi) is 4.04. The second kappa shape index (κ2) is 5.96. The summed E-state index contributed by atoms with van der Waals surface area (Å²) in [6.45, 7) is 0.397. The first-order chi connectivity index (χ1) is 10.1. The van der Waals surface area contributed by atoms with Gasteiger partial charge in [0.2, 0.25) is 0 Å². The van der Waals surface area contributed by atoms with Crippen molar-refractivity contribution in [1.29, 1.82) is 0 Å². The summed E-state index contributed by atoms with van der Waals surface area (Å²) in [6, 6.07) is 17.5. The molecule has 0 amide bonds. The van der Waals surface area contributed by atoms with Gasteiger partial charge in [0, 0.05) is 20.7 Å². The van der Waals surface area contributed by atoms with Crippen molar-refractivity contribution >= 4 is 44.0 Å². The fourth-order valence-electron chi connectivity index (χ4n) is 2.14. The van der Waals surface area contributed by atoms with Crippen molar-refractivity contribution in [1.82, 2.24) is 0 Å². The molecule has 0 radical (unpaired) electrons. The number of fused-ring (bicyclic) bond motifs is 1. The number of anilines is 1. The molecule has 0 aliphatic rings. The van der Waals surface area contributed by atoms with Crippen molar-refractivity contribution in [3.05, 3.63) is 69.7 Å². The molecular formula is C17H13BrClNO. The number of benzene rings is 3. The zero-order valence-corrected chi connectivity index (χ0v) is 13.5. The molecule has 2 nitrogen and oxygen atoms in total. The molecule has 0 heterocycles. The predicted molar refractivity (Wildman–Crippen MR) is 91.8 cm³/mol. The largest absolute Gasteiger partial charge is 0.489 e. The zero-order valence-electron chi connectivity index (χ0n) is 11.1. The molecule has 0 aromatic heterocycles. The molecule has 3 aromatic rings. The average Bonchev–Trinajstić information content (AvgIpc) is 2.48. The van der Waals surface area contributed by atoms with E-state index in [1.807, 2.05) is 30.3 Å². The van der Waals surface area contributed by atoms with Gasteiger partial charge in [0.25, 0.3) is 0 Å². The van der Waals surface area contributed by atoms with Crippen molar-refractivity contribution in [2.24, 2.45) is 0 Å². The normalized spacial score (nSPS) is 10.8. The monoisotopic (exact) mass is 361 g/mol.